The van der Waals surface area contributed by atoms with Crippen LogP contribution in [0.15, 0.2) is 41.4 Å². The number of nitrogens with zero attached hydrogens (tertiary/aromatic N) is 1. The Morgan fingerprint density at radius 2 is 1.56 bits per heavy atom. The monoisotopic (exact) mass is 355 g/mol. The fraction of sp³-hybridized carbons (Fsp3) is 0.409. The summed E-state index contributed by atoms with van der Waals surface area (Å²) in [4.78, 5) is 4.16. The van der Waals surface area contributed by atoms with E-state index >= 15 is 0 Å². The summed E-state index contributed by atoms with van der Waals surface area (Å²) in [5.41, 5.74) is 3.33. The first-order valence-corrected chi connectivity index (χ1v) is 9.70. The molecule has 1 atom stereocenters. The first-order chi connectivity index (χ1) is 11.5. The van der Waals surface area contributed by atoms with Gasteiger partial charge in [-0.25, -0.2) is 0 Å². The van der Waals surface area contributed by atoms with Crippen LogP contribution in [0.3, 0.4) is 0 Å². The molecule has 2 rings (SSSR count). The van der Waals surface area contributed by atoms with Crippen LogP contribution in [-0.2, 0) is 10.8 Å². The zero-order chi connectivity index (χ0) is 18.8. The summed E-state index contributed by atoms with van der Waals surface area (Å²) >= 11 is 0. The van der Waals surface area contributed by atoms with Crippen LogP contribution in [0.4, 0.5) is 0 Å². The first kappa shape index (κ1) is 19.7. The molecule has 0 radical (unpaired) electrons. The fourth-order valence-corrected chi connectivity index (χ4v) is 3.98. The molecule has 0 saturated heterocycles. The molecule has 2 aromatic rings. The zero-order valence-corrected chi connectivity index (χ0v) is 17.4. The molecule has 0 aliphatic heterocycles. The van der Waals surface area contributed by atoms with Crippen molar-refractivity contribution in [1.82, 2.24) is 0 Å². The second-order valence-corrected chi connectivity index (χ2v) is 9.85. The number of benzene rings is 2. The summed E-state index contributed by atoms with van der Waals surface area (Å²) in [5.74, 6) is 0.432. The highest BCUT2D eigenvalue weighted by Gasteiger charge is 2.25. The van der Waals surface area contributed by atoms with Crippen molar-refractivity contribution in [2.75, 3.05) is 7.05 Å². The Hall–Kier alpha value is -1.66. The average Bonchev–Trinajstić information content (AvgIpc) is 2.49. The number of hydrogen-bond acceptors (Lipinski definition) is 2. The molecule has 0 fully saturated rings. The van der Waals surface area contributed by atoms with Crippen LogP contribution in [0.2, 0.25) is 0 Å². The van der Waals surface area contributed by atoms with E-state index in [1.807, 2.05) is 18.3 Å². The molecule has 2 aromatic carbocycles. The lowest BCUT2D eigenvalue weighted by Gasteiger charge is -2.27. The Bertz CT molecular complexity index is 780. The van der Waals surface area contributed by atoms with Gasteiger partial charge in [-0.2, -0.15) is 0 Å². The maximum atomic E-state index is 11.0. The molecule has 0 aliphatic rings. The molecule has 0 amide bonds. The molecule has 3 heteroatoms. The molecule has 0 heterocycles. The van der Waals surface area contributed by atoms with Gasteiger partial charge in [0.2, 0.25) is 0 Å². The number of aromatic hydroxyl groups is 1. The van der Waals surface area contributed by atoms with Gasteiger partial charge < -0.3 is 5.11 Å². The molecule has 0 aliphatic carbocycles. The molecule has 0 bridgehead atoms. The SMILES string of the molecule is C/N=C/c1ccccc1Pc1cc(C(C)(C)C)cc(C(C)(C)C)c1O. The van der Waals surface area contributed by atoms with Gasteiger partial charge >= 0.3 is 0 Å². The Morgan fingerprint density at radius 3 is 2.12 bits per heavy atom. The van der Waals surface area contributed by atoms with E-state index in [0.717, 1.165) is 16.4 Å². The molecule has 1 unspecified atom stereocenters. The van der Waals surface area contributed by atoms with Gasteiger partial charge in [-0.1, -0.05) is 80.5 Å². The van der Waals surface area contributed by atoms with Crippen LogP contribution in [0.1, 0.15) is 58.2 Å². The summed E-state index contributed by atoms with van der Waals surface area (Å²) in [5, 5.41) is 13.2. The van der Waals surface area contributed by atoms with E-state index in [1.54, 1.807) is 7.05 Å². The highest BCUT2D eigenvalue weighted by Crippen LogP contribution is 2.36. The average molecular weight is 355 g/mol. The predicted octanol–water partition coefficient (Wildman–Crippen LogP) is 4.67. The van der Waals surface area contributed by atoms with Crippen LogP contribution < -0.4 is 10.6 Å². The van der Waals surface area contributed by atoms with Gasteiger partial charge in [-0.3, -0.25) is 4.99 Å². The Morgan fingerprint density at radius 1 is 0.920 bits per heavy atom. The van der Waals surface area contributed by atoms with Crippen LogP contribution in [0.25, 0.3) is 0 Å². The van der Waals surface area contributed by atoms with Crippen LogP contribution in [-0.4, -0.2) is 18.4 Å². The minimum atomic E-state index is -0.102. The number of hydrogen-bond donors (Lipinski definition) is 1. The second-order valence-electron chi connectivity index (χ2n) is 8.52. The normalized spacial score (nSPS) is 13.2. The van der Waals surface area contributed by atoms with E-state index < -0.39 is 0 Å². The number of aliphatic imine (C=N–C) groups is 1. The molecular formula is C22H30NOP. The first-order valence-electron chi connectivity index (χ1n) is 8.70. The van der Waals surface area contributed by atoms with Crippen LogP contribution in [0, 0.1) is 0 Å². The zero-order valence-electron chi connectivity index (χ0n) is 16.4. The maximum absolute atomic E-state index is 11.0. The molecule has 25 heavy (non-hydrogen) atoms. The van der Waals surface area contributed by atoms with E-state index in [9.17, 15) is 5.11 Å². The van der Waals surface area contributed by atoms with Gasteiger partial charge in [-0.05, 0) is 33.3 Å². The van der Waals surface area contributed by atoms with Crippen LogP contribution in [0.5, 0.6) is 5.75 Å². The number of phenolic OH excluding ortho intramolecular Hbond substituents is 1. The summed E-state index contributed by atoms with van der Waals surface area (Å²) in [6, 6.07) is 12.6. The summed E-state index contributed by atoms with van der Waals surface area (Å²) < 4.78 is 0. The molecule has 1 N–H and O–H groups in total. The van der Waals surface area contributed by atoms with E-state index in [1.165, 1.54) is 10.9 Å². The van der Waals surface area contributed by atoms with Gasteiger partial charge in [0, 0.05) is 24.1 Å². The van der Waals surface area contributed by atoms with Crippen molar-refractivity contribution >= 4 is 25.4 Å². The smallest absolute Gasteiger partial charge is 0.127 e. The third-order valence-electron chi connectivity index (χ3n) is 4.28. The fourth-order valence-electron chi connectivity index (χ4n) is 2.74. The van der Waals surface area contributed by atoms with Crippen molar-refractivity contribution in [3.8, 4) is 5.75 Å². The van der Waals surface area contributed by atoms with E-state index in [4.69, 9.17) is 0 Å². The molecular weight excluding hydrogens is 325 g/mol. The topological polar surface area (TPSA) is 32.6 Å². The Labute approximate surface area is 154 Å². The molecule has 134 valence electrons. The molecule has 0 aromatic heterocycles. The van der Waals surface area contributed by atoms with E-state index in [-0.39, 0.29) is 10.8 Å². The summed E-state index contributed by atoms with van der Waals surface area (Å²) in [7, 11) is 2.18. The van der Waals surface area contributed by atoms with Crippen molar-refractivity contribution < 1.29 is 5.11 Å². The lowest BCUT2D eigenvalue weighted by molar-refractivity contribution is 0.449. The quantitative estimate of drug-likeness (QED) is 0.630. The number of rotatable bonds is 3. The Kier molecular flexibility index (Phi) is 5.74. The van der Waals surface area contributed by atoms with Gasteiger partial charge in [0.05, 0.1) is 0 Å². The van der Waals surface area contributed by atoms with Gasteiger partial charge in [0.1, 0.15) is 5.75 Å². The van der Waals surface area contributed by atoms with E-state index in [0.29, 0.717) is 14.3 Å². The van der Waals surface area contributed by atoms with Gasteiger partial charge in [0.15, 0.2) is 0 Å². The molecule has 0 spiro atoms. The lowest BCUT2D eigenvalue weighted by Crippen LogP contribution is -2.21. The third kappa shape index (κ3) is 4.70. The van der Waals surface area contributed by atoms with Crippen molar-refractivity contribution in [3.63, 3.8) is 0 Å². The summed E-state index contributed by atoms with van der Waals surface area (Å²) in [6.45, 7) is 13.1. The van der Waals surface area contributed by atoms with Crippen molar-refractivity contribution in [2.24, 2.45) is 4.99 Å². The predicted molar refractivity (Wildman–Crippen MR) is 113 cm³/mol. The number of phenols is 1. The van der Waals surface area contributed by atoms with Gasteiger partial charge in [-0.15, -0.1) is 0 Å². The van der Waals surface area contributed by atoms with Crippen molar-refractivity contribution in [2.45, 2.75) is 52.4 Å². The highest BCUT2D eigenvalue weighted by atomic mass is 31.1. The maximum Gasteiger partial charge on any atom is 0.127 e. The highest BCUT2D eigenvalue weighted by molar-refractivity contribution is 7.56. The van der Waals surface area contributed by atoms with Crippen LogP contribution >= 0.6 is 8.58 Å². The standard InChI is InChI=1S/C22H30NOP/c1-21(2,3)16-12-17(22(4,5)6)20(24)19(13-16)25-18-11-9-8-10-15(18)14-23-7/h8-14,24-25H,1-7H3/b23-14+. The Balaban J connectivity index is 2.61. The minimum Gasteiger partial charge on any atom is -0.507 e. The van der Waals surface area contributed by atoms with Crippen molar-refractivity contribution in [3.05, 3.63) is 53.1 Å². The second kappa shape index (κ2) is 7.30. The largest absolute Gasteiger partial charge is 0.507 e. The minimum absolute atomic E-state index is 0.0390. The lowest BCUT2D eigenvalue weighted by atomic mass is 9.80. The third-order valence-corrected chi connectivity index (χ3v) is 5.66. The van der Waals surface area contributed by atoms with Crippen molar-refractivity contribution in [1.29, 1.82) is 0 Å². The van der Waals surface area contributed by atoms with Gasteiger partial charge in [0.25, 0.3) is 0 Å². The molecule has 0 saturated carbocycles. The molecule has 2 nitrogen and oxygen atoms in total. The van der Waals surface area contributed by atoms with E-state index in [2.05, 4.69) is 70.8 Å². The summed E-state index contributed by atoms with van der Waals surface area (Å²) in [6.07, 6.45) is 1.89.